The third-order valence-corrected chi connectivity index (χ3v) is 8.79. The molecule has 1 N–H and O–H groups in total. The molecule has 5 rings (SSSR count). The summed E-state index contributed by atoms with van der Waals surface area (Å²) in [5.74, 6) is -1.71. The van der Waals surface area contributed by atoms with E-state index >= 15 is 0 Å². The number of rotatable bonds is 7. The number of aromatic nitrogens is 2. The van der Waals surface area contributed by atoms with E-state index in [1.54, 1.807) is 0 Å². The molecule has 3 unspecified atom stereocenters. The van der Waals surface area contributed by atoms with Crippen LogP contribution in [0.3, 0.4) is 0 Å². The highest BCUT2D eigenvalue weighted by molar-refractivity contribution is 5.80. The Labute approximate surface area is 225 Å². The van der Waals surface area contributed by atoms with E-state index in [-0.39, 0.29) is 35.9 Å². The third kappa shape index (κ3) is 5.19. The topological polar surface area (TPSA) is 92.0 Å². The number of hydrogen-bond acceptors (Lipinski definition) is 8. The Morgan fingerprint density at radius 1 is 1.10 bits per heavy atom. The van der Waals surface area contributed by atoms with Crippen LogP contribution in [0.1, 0.15) is 58.8 Å². The normalized spacial score (nSPS) is 26.0. The van der Waals surface area contributed by atoms with Gasteiger partial charge in [-0.1, -0.05) is 33.1 Å². The maximum atomic E-state index is 14.0. The summed E-state index contributed by atoms with van der Waals surface area (Å²) in [7, 11) is 1.42. The van der Waals surface area contributed by atoms with Crippen molar-refractivity contribution in [3.05, 3.63) is 20.8 Å². The number of hydrogen-bond donors (Lipinski definition) is 1. The second-order valence-corrected chi connectivity index (χ2v) is 11.9. The minimum Gasteiger partial charge on any atom is -0.328 e. The maximum Gasteiger partial charge on any atom is 0.493 e. The van der Waals surface area contributed by atoms with E-state index in [0.29, 0.717) is 32.0 Å². The summed E-state index contributed by atoms with van der Waals surface area (Å²) in [4.78, 5) is 48.6. The van der Waals surface area contributed by atoms with Gasteiger partial charge in [0, 0.05) is 39.3 Å². The van der Waals surface area contributed by atoms with Crippen molar-refractivity contribution in [1.29, 1.82) is 0 Å². The second-order valence-electron chi connectivity index (χ2n) is 11.9. The van der Waals surface area contributed by atoms with E-state index in [4.69, 9.17) is 4.84 Å². The minimum atomic E-state index is -5.24. The van der Waals surface area contributed by atoms with Crippen molar-refractivity contribution in [3.8, 4) is 0 Å². The molecule has 0 aromatic carbocycles. The number of anilines is 2. The summed E-state index contributed by atoms with van der Waals surface area (Å²) >= 11 is 0. The second kappa shape index (κ2) is 10.8. The number of halogens is 3. The molecule has 3 atom stereocenters. The van der Waals surface area contributed by atoms with Gasteiger partial charge in [0.2, 0.25) is 0 Å². The fourth-order valence-corrected chi connectivity index (χ4v) is 6.73. The molecule has 1 aromatic heterocycles. The van der Waals surface area contributed by atoms with E-state index in [2.05, 4.69) is 5.32 Å². The molecular formula is C26H39F3N6O4. The van der Waals surface area contributed by atoms with Gasteiger partial charge in [-0.15, -0.1) is 5.06 Å². The molecule has 4 aliphatic rings. The summed E-state index contributed by atoms with van der Waals surface area (Å²) in [6.07, 6.45) is 0.347. The van der Waals surface area contributed by atoms with Crippen LogP contribution in [0, 0.1) is 17.8 Å². The van der Waals surface area contributed by atoms with Gasteiger partial charge >= 0.3 is 17.8 Å². The number of alkyl halides is 3. The van der Waals surface area contributed by atoms with Crippen LogP contribution >= 0.6 is 0 Å². The summed E-state index contributed by atoms with van der Waals surface area (Å²) in [5.41, 5.74) is -1.08. The Bertz CT molecular complexity index is 1190. The summed E-state index contributed by atoms with van der Waals surface area (Å²) in [6.45, 7) is 6.62. The van der Waals surface area contributed by atoms with Gasteiger partial charge in [0.1, 0.15) is 0 Å². The van der Waals surface area contributed by atoms with Crippen LogP contribution in [0.25, 0.3) is 0 Å². The summed E-state index contributed by atoms with van der Waals surface area (Å²) < 4.78 is 42.8. The first-order chi connectivity index (χ1) is 18.5. The van der Waals surface area contributed by atoms with Crippen molar-refractivity contribution >= 4 is 17.5 Å². The molecule has 3 aliphatic heterocycles. The van der Waals surface area contributed by atoms with Crippen LogP contribution in [0.4, 0.5) is 24.7 Å². The lowest BCUT2D eigenvalue weighted by Gasteiger charge is -2.41. The minimum absolute atomic E-state index is 0.00505. The average molecular weight is 557 g/mol. The zero-order chi connectivity index (χ0) is 28.1. The molecule has 2 saturated heterocycles. The van der Waals surface area contributed by atoms with Crippen molar-refractivity contribution in [2.45, 2.75) is 83.8 Å². The number of likely N-dealkylation sites (tertiary alicyclic amines) is 1. The average Bonchev–Trinajstić information content (AvgIpc) is 3.57. The molecule has 1 aliphatic carbocycles. The molecule has 218 valence electrons. The third-order valence-electron chi connectivity index (χ3n) is 8.79. The van der Waals surface area contributed by atoms with Crippen LogP contribution < -0.4 is 26.5 Å². The van der Waals surface area contributed by atoms with E-state index in [0.717, 1.165) is 54.7 Å². The Morgan fingerprint density at radius 2 is 1.82 bits per heavy atom. The summed E-state index contributed by atoms with van der Waals surface area (Å²) in [6, 6.07) is 0.00505. The predicted octanol–water partition coefficient (Wildman–Crippen LogP) is 2.40. The molecule has 0 spiro atoms. The molecule has 0 bridgehead atoms. The Hall–Kier alpha value is -2.54. The molecule has 39 heavy (non-hydrogen) atoms. The standard InChI is InChI=1S/C26H39F3N6O4/c1-16(2)9-11-33-22(36)20-21(31(3)25(33)38)35(39-23(37)26(27,28)29)24(32-12-10-18-13-30-14-19(18)32)34(20)15-17-7-5-4-6-8-17/h16-19,24,30H,4-15H2,1-3H3. The number of carbonyl (C=O) groups excluding carboxylic acids is 1. The smallest absolute Gasteiger partial charge is 0.328 e. The maximum absolute atomic E-state index is 14.0. The Balaban J connectivity index is 1.66. The first-order valence-electron chi connectivity index (χ1n) is 14.1. The van der Waals surface area contributed by atoms with Gasteiger partial charge in [0.25, 0.3) is 5.56 Å². The van der Waals surface area contributed by atoms with Crippen LogP contribution in [0.15, 0.2) is 9.59 Å². The number of carbonyl (C=O) groups is 1. The van der Waals surface area contributed by atoms with Gasteiger partial charge in [-0.25, -0.2) is 9.59 Å². The van der Waals surface area contributed by atoms with Crippen molar-refractivity contribution in [2.75, 3.05) is 36.1 Å². The lowest BCUT2D eigenvalue weighted by Crippen LogP contribution is -2.59. The number of nitrogens with zero attached hydrogens (tertiary/aromatic N) is 5. The van der Waals surface area contributed by atoms with E-state index in [1.165, 1.54) is 11.6 Å². The number of nitrogens with one attached hydrogen (secondary N) is 1. The Morgan fingerprint density at radius 3 is 2.49 bits per heavy atom. The van der Waals surface area contributed by atoms with Crippen LogP contribution in [-0.2, 0) is 23.2 Å². The van der Waals surface area contributed by atoms with E-state index in [1.807, 2.05) is 23.6 Å². The largest absolute Gasteiger partial charge is 0.493 e. The molecule has 1 saturated carbocycles. The molecule has 10 nitrogen and oxygen atoms in total. The van der Waals surface area contributed by atoms with Gasteiger partial charge in [-0.3, -0.25) is 18.8 Å². The number of fused-ring (bicyclic) bond motifs is 2. The Kier molecular flexibility index (Phi) is 7.75. The van der Waals surface area contributed by atoms with Crippen molar-refractivity contribution in [3.63, 3.8) is 0 Å². The zero-order valence-electron chi connectivity index (χ0n) is 22.9. The van der Waals surface area contributed by atoms with Gasteiger partial charge in [-0.2, -0.15) is 13.2 Å². The molecule has 13 heteroatoms. The van der Waals surface area contributed by atoms with Crippen LogP contribution in [0.2, 0.25) is 0 Å². The van der Waals surface area contributed by atoms with Gasteiger partial charge in [-0.05, 0) is 50.0 Å². The van der Waals surface area contributed by atoms with Gasteiger partial charge in [0.05, 0.1) is 0 Å². The first-order valence-corrected chi connectivity index (χ1v) is 14.1. The van der Waals surface area contributed by atoms with E-state index < -0.39 is 29.7 Å². The van der Waals surface area contributed by atoms with Crippen molar-refractivity contribution in [1.82, 2.24) is 19.4 Å². The zero-order valence-corrected chi connectivity index (χ0v) is 22.9. The SMILES string of the molecule is CC(C)CCn1c(=O)c2c(n(C)c1=O)N(OC(=O)C(F)(F)F)C(N1CCC3CNCC31)N2CC1CCCCC1. The highest BCUT2D eigenvalue weighted by Gasteiger charge is 2.54. The molecule has 0 amide bonds. The van der Waals surface area contributed by atoms with E-state index in [9.17, 15) is 27.6 Å². The van der Waals surface area contributed by atoms with Crippen LogP contribution in [-0.4, -0.2) is 64.7 Å². The molecule has 0 radical (unpaired) electrons. The van der Waals surface area contributed by atoms with Gasteiger partial charge in [0.15, 0.2) is 17.8 Å². The molecule has 3 fully saturated rings. The number of hydroxylamine groups is 1. The van der Waals surface area contributed by atoms with Crippen molar-refractivity contribution < 1.29 is 22.8 Å². The first kappa shape index (κ1) is 28.0. The summed E-state index contributed by atoms with van der Waals surface area (Å²) in [5, 5.41) is 4.25. The van der Waals surface area contributed by atoms with Crippen LogP contribution in [0.5, 0.6) is 0 Å². The quantitative estimate of drug-likeness (QED) is 0.548. The highest BCUT2D eigenvalue weighted by Crippen LogP contribution is 2.43. The molecule has 1 aromatic rings. The van der Waals surface area contributed by atoms with Crippen molar-refractivity contribution in [2.24, 2.45) is 24.8 Å². The molecular weight excluding hydrogens is 517 g/mol. The fraction of sp³-hybridized carbons (Fsp3) is 0.808. The highest BCUT2D eigenvalue weighted by atomic mass is 19.4. The monoisotopic (exact) mass is 556 g/mol. The molecule has 4 heterocycles. The predicted molar refractivity (Wildman–Crippen MR) is 139 cm³/mol. The lowest BCUT2D eigenvalue weighted by atomic mass is 9.89. The lowest BCUT2D eigenvalue weighted by molar-refractivity contribution is -0.203. The fourth-order valence-electron chi connectivity index (χ4n) is 6.73. The van der Waals surface area contributed by atoms with Gasteiger partial charge < -0.3 is 15.1 Å².